The molecule has 0 saturated carbocycles. The Hall–Kier alpha value is -2.34. The lowest BCUT2D eigenvalue weighted by molar-refractivity contribution is 0.198. The quantitative estimate of drug-likeness (QED) is 0.794. The molecule has 0 bridgehead atoms. The topological polar surface area (TPSA) is 44.7 Å². The molecule has 1 atom stereocenters. The van der Waals surface area contributed by atoms with Gasteiger partial charge in [-0.25, -0.2) is 4.98 Å². The summed E-state index contributed by atoms with van der Waals surface area (Å²) < 4.78 is 5.34. The van der Waals surface area contributed by atoms with E-state index in [9.17, 15) is 0 Å². The Kier molecular flexibility index (Phi) is 5.93. The number of benzene rings is 1. The van der Waals surface area contributed by atoms with Crippen molar-refractivity contribution < 1.29 is 4.74 Å². The summed E-state index contributed by atoms with van der Waals surface area (Å²) >= 11 is 0. The van der Waals surface area contributed by atoms with Crippen LogP contribution in [-0.4, -0.2) is 62.3 Å². The highest BCUT2D eigenvalue weighted by Gasteiger charge is 2.25. The minimum absolute atomic E-state index is 0.423. The van der Waals surface area contributed by atoms with E-state index in [1.165, 1.54) is 18.4 Å². The zero-order valence-corrected chi connectivity index (χ0v) is 16.2. The van der Waals surface area contributed by atoms with Gasteiger partial charge in [-0.15, -0.1) is 0 Å². The lowest BCUT2D eigenvalue weighted by Crippen LogP contribution is -2.46. The molecule has 3 rings (SSSR count). The number of likely N-dealkylation sites (N-methyl/N-ethyl adjacent to an activating group) is 1. The first-order chi connectivity index (χ1) is 12.6. The number of hydrogen-bond acceptors (Lipinski definition) is 6. The number of aromatic nitrogens is 2. The van der Waals surface area contributed by atoms with Crippen molar-refractivity contribution in [2.75, 3.05) is 51.1 Å². The van der Waals surface area contributed by atoms with Gasteiger partial charge < -0.3 is 14.5 Å². The van der Waals surface area contributed by atoms with Crippen molar-refractivity contribution in [2.45, 2.75) is 25.4 Å². The number of likely N-dealkylation sites (tertiary alicyclic amines) is 1. The number of piperidine rings is 1. The van der Waals surface area contributed by atoms with Gasteiger partial charge >= 0.3 is 0 Å². The van der Waals surface area contributed by atoms with E-state index < -0.39 is 0 Å². The van der Waals surface area contributed by atoms with Gasteiger partial charge in [-0.2, -0.15) is 4.98 Å². The monoisotopic (exact) mass is 355 g/mol. The molecule has 2 aromatic rings. The zero-order chi connectivity index (χ0) is 18.5. The van der Waals surface area contributed by atoms with Gasteiger partial charge in [-0.05, 0) is 43.1 Å². The Balaban J connectivity index is 1.66. The van der Waals surface area contributed by atoms with Crippen LogP contribution in [0.1, 0.15) is 18.4 Å². The molecule has 1 aromatic heterocycles. The third kappa shape index (κ3) is 4.43. The molecule has 0 amide bonds. The lowest BCUT2D eigenvalue weighted by Gasteiger charge is -2.37. The minimum atomic E-state index is 0.423. The summed E-state index contributed by atoms with van der Waals surface area (Å²) in [6, 6.07) is 10.7. The summed E-state index contributed by atoms with van der Waals surface area (Å²) in [7, 11) is 7.83. The Morgan fingerprint density at radius 1 is 1.23 bits per heavy atom. The van der Waals surface area contributed by atoms with Crippen molar-refractivity contribution >= 4 is 11.8 Å². The van der Waals surface area contributed by atoms with Crippen LogP contribution in [0.5, 0.6) is 5.75 Å². The maximum Gasteiger partial charge on any atom is 0.227 e. The Labute approximate surface area is 156 Å². The van der Waals surface area contributed by atoms with Gasteiger partial charge in [-0.1, -0.05) is 12.1 Å². The molecule has 1 aromatic carbocycles. The SMILES string of the molecule is COc1cccc(CN2CCCC(N(C)c3nccc(N(C)C)n3)C2)c1. The molecule has 0 spiro atoms. The van der Waals surface area contributed by atoms with Crippen LogP contribution in [0.4, 0.5) is 11.8 Å². The maximum absolute atomic E-state index is 5.34. The molecular formula is C20H29N5O. The zero-order valence-electron chi connectivity index (χ0n) is 16.2. The van der Waals surface area contributed by atoms with Gasteiger partial charge in [0.05, 0.1) is 7.11 Å². The average Bonchev–Trinajstić information content (AvgIpc) is 2.68. The number of nitrogens with zero attached hydrogens (tertiary/aromatic N) is 5. The van der Waals surface area contributed by atoms with Gasteiger partial charge in [-0.3, -0.25) is 4.90 Å². The lowest BCUT2D eigenvalue weighted by atomic mass is 10.0. The largest absolute Gasteiger partial charge is 0.497 e. The number of methoxy groups -OCH3 is 1. The molecule has 6 heteroatoms. The highest BCUT2D eigenvalue weighted by molar-refractivity contribution is 5.42. The van der Waals surface area contributed by atoms with E-state index in [0.717, 1.165) is 37.1 Å². The smallest absolute Gasteiger partial charge is 0.227 e. The molecule has 0 radical (unpaired) electrons. The van der Waals surface area contributed by atoms with Gasteiger partial charge in [0.25, 0.3) is 0 Å². The number of hydrogen-bond donors (Lipinski definition) is 0. The number of rotatable bonds is 6. The van der Waals surface area contributed by atoms with Crippen molar-refractivity contribution in [2.24, 2.45) is 0 Å². The van der Waals surface area contributed by atoms with Crippen LogP contribution in [-0.2, 0) is 6.54 Å². The standard InChI is InChI=1S/C20H29N5O/c1-23(2)19-10-11-21-20(22-19)24(3)17-8-6-12-25(15-17)14-16-7-5-9-18(13-16)26-4/h5,7,9-11,13,17H,6,8,12,14-15H2,1-4H3. The van der Waals surface area contributed by atoms with Crippen LogP contribution in [0.25, 0.3) is 0 Å². The molecule has 1 saturated heterocycles. The second-order valence-corrected chi connectivity index (χ2v) is 7.10. The fraction of sp³-hybridized carbons (Fsp3) is 0.500. The fourth-order valence-corrected chi connectivity index (χ4v) is 3.44. The summed E-state index contributed by atoms with van der Waals surface area (Å²) in [5, 5.41) is 0. The van der Waals surface area contributed by atoms with Crippen LogP contribution in [0.3, 0.4) is 0 Å². The summed E-state index contributed by atoms with van der Waals surface area (Å²) in [5.74, 6) is 2.65. The molecule has 1 aliphatic heterocycles. The average molecular weight is 355 g/mol. The van der Waals surface area contributed by atoms with Crippen molar-refractivity contribution in [1.82, 2.24) is 14.9 Å². The van der Waals surface area contributed by atoms with Gasteiger partial charge in [0.2, 0.25) is 5.95 Å². The van der Waals surface area contributed by atoms with Crippen LogP contribution < -0.4 is 14.5 Å². The molecule has 1 fully saturated rings. The van der Waals surface area contributed by atoms with Crippen LogP contribution in [0, 0.1) is 0 Å². The van der Waals surface area contributed by atoms with Crippen molar-refractivity contribution in [1.29, 1.82) is 0 Å². The maximum atomic E-state index is 5.34. The molecular weight excluding hydrogens is 326 g/mol. The predicted molar refractivity (Wildman–Crippen MR) is 106 cm³/mol. The van der Waals surface area contributed by atoms with Crippen molar-refractivity contribution in [3.05, 3.63) is 42.1 Å². The van der Waals surface area contributed by atoms with E-state index in [4.69, 9.17) is 4.74 Å². The van der Waals surface area contributed by atoms with E-state index in [0.29, 0.717) is 6.04 Å². The van der Waals surface area contributed by atoms with E-state index in [-0.39, 0.29) is 0 Å². The van der Waals surface area contributed by atoms with Crippen LogP contribution in [0.2, 0.25) is 0 Å². The Morgan fingerprint density at radius 2 is 2.08 bits per heavy atom. The second kappa shape index (κ2) is 8.36. The summed E-state index contributed by atoms with van der Waals surface area (Å²) in [6.45, 7) is 3.09. The molecule has 2 heterocycles. The highest BCUT2D eigenvalue weighted by Crippen LogP contribution is 2.22. The molecule has 0 N–H and O–H groups in total. The molecule has 0 aliphatic carbocycles. The Morgan fingerprint density at radius 3 is 2.85 bits per heavy atom. The minimum Gasteiger partial charge on any atom is -0.497 e. The molecule has 1 unspecified atom stereocenters. The highest BCUT2D eigenvalue weighted by atomic mass is 16.5. The van der Waals surface area contributed by atoms with Gasteiger partial charge in [0, 0.05) is 46.5 Å². The van der Waals surface area contributed by atoms with Crippen molar-refractivity contribution in [3.8, 4) is 5.75 Å². The van der Waals surface area contributed by atoms with Gasteiger partial charge in [0.15, 0.2) is 0 Å². The molecule has 6 nitrogen and oxygen atoms in total. The summed E-state index contributed by atoms with van der Waals surface area (Å²) in [6.07, 6.45) is 4.19. The number of ether oxygens (including phenoxy) is 1. The first-order valence-corrected chi connectivity index (χ1v) is 9.15. The Bertz CT molecular complexity index is 721. The number of anilines is 2. The van der Waals surface area contributed by atoms with E-state index in [1.54, 1.807) is 7.11 Å². The predicted octanol–water partition coefficient (Wildman–Crippen LogP) is 2.65. The summed E-state index contributed by atoms with van der Waals surface area (Å²) in [4.78, 5) is 15.9. The summed E-state index contributed by atoms with van der Waals surface area (Å²) in [5.41, 5.74) is 1.29. The second-order valence-electron chi connectivity index (χ2n) is 7.10. The van der Waals surface area contributed by atoms with E-state index in [1.807, 2.05) is 37.3 Å². The van der Waals surface area contributed by atoms with Crippen LogP contribution >= 0.6 is 0 Å². The normalized spacial score (nSPS) is 17.8. The van der Waals surface area contributed by atoms with Crippen molar-refractivity contribution in [3.63, 3.8) is 0 Å². The van der Waals surface area contributed by atoms with E-state index in [2.05, 4.69) is 45.0 Å². The first kappa shape index (κ1) is 18.5. The molecule has 140 valence electrons. The molecule has 1 aliphatic rings. The molecule has 26 heavy (non-hydrogen) atoms. The van der Waals surface area contributed by atoms with Gasteiger partial charge in [0.1, 0.15) is 11.6 Å². The fourth-order valence-electron chi connectivity index (χ4n) is 3.44. The van der Waals surface area contributed by atoms with Crippen LogP contribution in [0.15, 0.2) is 36.5 Å². The third-order valence-corrected chi connectivity index (χ3v) is 4.97. The first-order valence-electron chi connectivity index (χ1n) is 9.15. The third-order valence-electron chi connectivity index (χ3n) is 4.97. The van der Waals surface area contributed by atoms with E-state index >= 15 is 0 Å².